The number of rotatable bonds is 6. The first-order chi connectivity index (χ1) is 20.2. The molecule has 5 rings (SSSR count). The minimum Gasteiger partial charge on any atom is -0.495 e. The van der Waals surface area contributed by atoms with Crippen molar-refractivity contribution in [1.82, 2.24) is 0 Å². The van der Waals surface area contributed by atoms with Crippen LogP contribution in [0.5, 0.6) is 5.75 Å². The Hall–Kier alpha value is -5.42. The third-order valence-corrected chi connectivity index (χ3v) is 7.12. The van der Waals surface area contributed by atoms with E-state index in [0.29, 0.717) is 50.1 Å². The summed E-state index contributed by atoms with van der Waals surface area (Å²) in [7, 11) is 1.42. The van der Waals surface area contributed by atoms with Crippen LogP contribution in [0.1, 0.15) is 16.7 Å². The number of ether oxygens (including phenoxy) is 1. The van der Waals surface area contributed by atoms with Crippen LogP contribution in [0, 0.1) is 28.4 Å². The van der Waals surface area contributed by atoms with Gasteiger partial charge in [-0.05, 0) is 64.1 Å². The molecule has 5 aromatic carbocycles. The van der Waals surface area contributed by atoms with Gasteiger partial charge in [-0.25, -0.2) is 0 Å². The van der Waals surface area contributed by atoms with Crippen molar-refractivity contribution in [3.8, 4) is 56.3 Å². The van der Waals surface area contributed by atoms with Gasteiger partial charge >= 0.3 is 6.18 Å². The molecule has 0 radical (unpaired) electrons. The van der Waals surface area contributed by atoms with Gasteiger partial charge in [0.25, 0.3) is 5.69 Å². The van der Waals surface area contributed by atoms with Crippen LogP contribution < -0.4 is 4.74 Å². The maximum atomic E-state index is 14.4. The Bertz CT molecular complexity index is 1840. The lowest BCUT2D eigenvalue weighted by Gasteiger charge is -2.27. The summed E-state index contributed by atoms with van der Waals surface area (Å²) in [6.07, 6.45) is -4.65. The molecule has 0 fully saturated rings. The average molecular weight is 565 g/mol. The van der Waals surface area contributed by atoms with Gasteiger partial charge < -0.3 is 4.74 Å². The lowest BCUT2D eigenvalue weighted by atomic mass is 9.79. The van der Waals surface area contributed by atoms with E-state index in [2.05, 4.69) is 6.07 Å². The Balaban J connectivity index is 2.04. The molecule has 0 aliphatic carbocycles. The Morgan fingerprint density at radius 2 is 1.36 bits per heavy atom. The number of nitriles is 1. The number of halogens is 3. The van der Waals surface area contributed by atoms with Crippen molar-refractivity contribution in [1.29, 1.82) is 5.26 Å². The predicted octanol–water partition coefficient (Wildman–Crippen LogP) is 9.47. The van der Waals surface area contributed by atoms with Crippen LogP contribution in [0.2, 0.25) is 0 Å². The molecule has 0 aliphatic rings. The van der Waals surface area contributed by atoms with E-state index >= 15 is 0 Å². The number of benzene rings is 5. The molecule has 0 saturated carbocycles. The van der Waals surface area contributed by atoms with Crippen molar-refractivity contribution in [3.05, 3.63) is 130 Å². The zero-order chi connectivity index (χ0) is 30.0. The Labute approximate surface area is 240 Å². The van der Waals surface area contributed by atoms with Crippen molar-refractivity contribution in [2.45, 2.75) is 13.1 Å². The van der Waals surface area contributed by atoms with E-state index in [1.807, 2.05) is 30.3 Å². The summed E-state index contributed by atoms with van der Waals surface area (Å²) in [6.45, 7) is 1.75. The van der Waals surface area contributed by atoms with Gasteiger partial charge in [-0.15, -0.1) is 0 Å². The van der Waals surface area contributed by atoms with Gasteiger partial charge in [0, 0.05) is 23.3 Å². The molecule has 0 N–H and O–H groups in total. The van der Waals surface area contributed by atoms with Crippen LogP contribution in [-0.2, 0) is 6.18 Å². The van der Waals surface area contributed by atoms with Gasteiger partial charge in [0.15, 0.2) is 0 Å². The molecule has 208 valence electrons. The van der Waals surface area contributed by atoms with Gasteiger partial charge in [-0.3, -0.25) is 10.1 Å². The molecule has 8 heteroatoms. The Kier molecular flexibility index (Phi) is 7.51. The first kappa shape index (κ1) is 28.1. The van der Waals surface area contributed by atoms with Crippen LogP contribution >= 0.6 is 0 Å². The molecule has 0 aromatic heterocycles. The van der Waals surface area contributed by atoms with Gasteiger partial charge in [-0.2, -0.15) is 18.4 Å². The lowest BCUT2D eigenvalue weighted by Crippen LogP contribution is -2.09. The molecule has 0 atom stereocenters. The molecule has 5 aromatic rings. The number of nitro benzene ring substituents is 1. The van der Waals surface area contributed by atoms with Crippen LogP contribution in [0.4, 0.5) is 18.9 Å². The van der Waals surface area contributed by atoms with E-state index in [4.69, 9.17) is 4.74 Å². The van der Waals surface area contributed by atoms with E-state index in [0.717, 1.165) is 6.07 Å². The van der Waals surface area contributed by atoms with E-state index in [-0.39, 0.29) is 17.0 Å². The predicted molar refractivity (Wildman–Crippen MR) is 156 cm³/mol. The zero-order valence-electron chi connectivity index (χ0n) is 22.6. The van der Waals surface area contributed by atoms with Crippen LogP contribution in [-0.4, -0.2) is 12.0 Å². The molecule has 0 aliphatic heterocycles. The van der Waals surface area contributed by atoms with Gasteiger partial charge in [0.2, 0.25) is 0 Å². The van der Waals surface area contributed by atoms with Crippen LogP contribution in [0.3, 0.4) is 0 Å². The summed E-state index contributed by atoms with van der Waals surface area (Å²) >= 11 is 0. The van der Waals surface area contributed by atoms with Gasteiger partial charge in [-0.1, -0.05) is 72.8 Å². The van der Waals surface area contributed by atoms with E-state index < -0.39 is 16.7 Å². The first-order valence-corrected chi connectivity index (χ1v) is 12.9. The molecule has 0 unspecified atom stereocenters. The molecule has 5 nitrogen and oxygen atoms in total. The summed E-state index contributed by atoms with van der Waals surface area (Å²) in [6, 6.07) is 29.1. The van der Waals surface area contributed by atoms with Crippen molar-refractivity contribution in [3.63, 3.8) is 0 Å². The molecule has 0 amide bonds. The molecule has 0 bridgehead atoms. The summed E-state index contributed by atoms with van der Waals surface area (Å²) in [5.74, 6) is 0.247. The topological polar surface area (TPSA) is 76.2 Å². The number of methoxy groups -OCH3 is 1. The Morgan fingerprint density at radius 3 is 1.98 bits per heavy atom. The van der Waals surface area contributed by atoms with Gasteiger partial charge in [0.05, 0.1) is 29.2 Å². The van der Waals surface area contributed by atoms with E-state index in [1.54, 1.807) is 49.4 Å². The Morgan fingerprint density at radius 1 is 0.762 bits per heavy atom. The highest BCUT2D eigenvalue weighted by Gasteiger charge is 2.36. The monoisotopic (exact) mass is 564 g/mol. The number of non-ortho nitro benzene ring substituents is 1. The highest BCUT2D eigenvalue weighted by Crippen LogP contribution is 2.54. The van der Waals surface area contributed by atoms with Crippen molar-refractivity contribution in [2.75, 3.05) is 7.11 Å². The van der Waals surface area contributed by atoms with Gasteiger partial charge in [0.1, 0.15) is 5.75 Å². The molecule has 42 heavy (non-hydrogen) atoms. The van der Waals surface area contributed by atoms with E-state index in [1.165, 1.54) is 31.4 Å². The highest BCUT2D eigenvalue weighted by atomic mass is 19.4. The molecule has 0 heterocycles. The van der Waals surface area contributed by atoms with Crippen LogP contribution in [0.15, 0.2) is 103 Å². The fraction of sp³-hybridized carbons (Fsp3) is 0.0882. The average Bonchev–Trinajstić information content (AvgIpc) is 3.00. The molecular formula is C34H23F3N2O3. The summed E-state index contributed by atoms with van der Waals surface area (Å²) < 4.78 is 49.3. The number of hydrogen-bond acceptors (Lipinski definition) is 4. The SMILES string of the molecule is COc1c(-c2cccc([N+](=O)[O-])c2)c(-c2ccccc2)c(C)c(-c2ccccc2C(F)(F)F)c1-c1ccc(C#N)cc1. The standard InChI is InChI=1S/C34H23F3N2O3/c1-21-29(23-9-4-3-5-10-23)32(25-11-8-12-26(19-25)39(40)41)33(42-2)31(24-17-15-22(20-38)16-18-24)30(21)27-13-6-7-14-28(27)34(35,36)37/h3-19H,1-2H3. The fourth-order valence-electron chi connectivity index (χ4n) is 5.34. The normalized spacial score (nSPS) is 11.1. The van der Waals surface area contributed by atoms with Crippen LogP contribution in [0.25, 0.3) is 44.5 Å². The molecular weight excluding hydrogens is 541 g/mol. The van der Waals surface area contributed by atoms with E-state index in [9.17, 15) is 28.5 Å². The minimum atomic E-state index is -4.65. The fourth-order valence-corrected chi connectivity index (χ4v) is 5.34. The number of nitrogens with zero attached hydrogens (tertiary/aromatic N) is 2. The largest absolute Gasteiger partial charge is 0.495 e. The summed E-state index contributed by atoms with van der Waals surface area (Å²) in [5.41, 5.74) is 3.36. The number of alkyl halides is 3. The summed E-state index contributed by atoms with van der Waals surface area (Å²) in [5, 5.41) is 21.1. The lowest BCUT2D eigenvalue weighted by molar-refractivity contribution is -0.384. The second-order valence-corrected chi connectivity index (χ2v) is 9.56. The number of nitro groups is 1. The summed E-state index contributed by atoms with van der Waals surface area (Å²) in [4.78, 5) is 11.2. The molecule has 0 saturated heterocycles. The third-order valence-electron chi connectivity index (χ3n) is 7.12. The maximum absolute atomic E-state index is 14.4. The quantitative estimate of drug-likeness (QED) is 0.152. The third kappa shape index (κ3) is 5.08. The van der Waals surface area contributed by atoms with Crippen molar-refractivity contribution in [2.24, 2.45) is 0 Å². The second-order valence-electron chi connectivity index (χ2n) is 9.56. The highest BCUT2D eigenvalue weighted by molar-refractivity contribution is 6.03. The minimum absolute atomic E-state index is 0.0390. The second kappa shape index (κ2) is 11.2. The zero-order valence-corrected chi connectivity index (χ0v) is 22.6. The first-order valence-electron chi connectivity index (χ1n) is 12.9. The van der Waals surface area contributed by atoms with Crippen molar-refractivity contribution >= 4 is 5.69 Å². The van der Waals surface area contributed by atoms with Crippen molar-refractivity contribution < 1.29 is 22.8 Å². The number of hydrogen-bond donors (Lipinski definition) is 0. The molecule has 0 spiro atoms. The maximum Gasteiger partial charge on any atom is 0.417 e. The smallest absolute Gasteiger partial charge is 0.417 e.